The first-order chi connectivity index (χ1) is 16.3. The van der Waals surface area contributed by atoms with Gasteiger partial charge in [0.25, 0.3) is 10.0 Å². The van der Waals surface area contributed by atoms with Crippen molar-refractivity contribution in [2.75, 3.05) is 35.4 Å². The Morgan fingerprint density at radius 2 is 1.74 bits per heavy atom. The topological polar surface area (TPSA) is 69.7 Å². The molecule has 178 valence electrons. The summed E-state index contributed by atoms with van der Waals surface area (Å²) in [5, 5.41) is 2.83. The minimum atomic E-state index is -4.01. The molecule has 0 fully saturated rings. The van der Waals surface area contributed by atoms with E-state index in [-0.39, 0.29) is 10.6 Å². The van der Waals surface area contributed by atoms with Gasteiger partial charge >= 0.3 is 0 Å². The van der Waals surface area contributed by atoms with Gasteiger partial charge in [0.1, 0.15) is 12.4 Å². The molecule has 0 saturated carbocycles. The van der Waals surface area contributed by atoms with Gasteiger partial charge in [0.05, 0.1) is 10.6 Å². The average molecular weight is 482 g/mol. The van der Waals surface area contributed by atoms with E-state index < -0.39 is 28.3 Å². The highest BCUT2D eigenvalue weighted by Gasteiger charge is 2.27. The van der Waals surface area contributed by atoms with Crippen LogP contribution in [0.5, 0.6) is 0 Å². The molecule has 0 radical (unpaired) electrons. The Kier molecular flexibility index (Phi) is 7.17. The van der Waals surface area contributed by atoms with E-state index in [1.807, 2.05) is 19.1 Å². The minimum absolute atomic E-state index is 0.0722. The SMILES string of the molecule is Cc1ccc(S(=O)(=O)N(CC(=O)NCCCN2CCc3ccccc32)c2ccc(F)cc2)cc1. The third kappa shape index (κ3) is 5.39. The number of fused-ring (bicyclic) bond motifs is 1. The van der Waals surface area contributed by atoms with Gasteiger partial charge in [0, 0.05) is 25.3 Å². The lowest BCUT2D eigenvalue weighted by Crippen LogP contribution is -2.41. The van der Waals surface area contributed by atoms with Crippen molar-refractivity contribution in [3.05, 3.63) is 89.7 Å². The van der Waals surface area contributed by atoms with Gasteiger partial charge in [0.15, 0.2) is 0 Å². The fourth-order valence-electron chi connectivity index (χ4n) is 4.08. The van der Waals surface area contributed by atoms with E-state index in [1.54, 1.807) is 12.1 Å². The summed E-state index contributed by atoms with van der Waals surface area (Å²) in [5.41, 5.74) is 3.72. The Morgan fingerprint density at radius 1 is 1.03 bits per heavy atom. The summed E-state index contributed by atoms with van der Waals surface area (Å²) in [6, 6.07) is 19.8. The number of amides is 1. The Balaban J connectivity index is 1.40. The number of carbonyl (C=O) groups excluding carboxylic acids is 1. The summed E-state index contributed by atoms with van der Waals surface area (Å²) >= 11 is 0. The van der Waals surface area contributed by atoms with E-state index in [1.165, 1.54) is 47.6 Å². The molecule has 1 heterocycles. The van der Waals surface area contributed by atoms with E-state index in [9.17, 15) is 17.6 Å². The van der Waals surface area contributed by atoms with Crippen LogP contribution in [0.25, 0.3) is 0 Å². The highest BCUT2D eigenvalue weighted by molar-refractivity contribution is 7.92. The molecule has 3 aromatic carbocycles. The molecule has 3 aromatic rings. The number of nitrogens with one attached hydrogen (secondary N) is 1. The smallest absolute Gasteiger partial charge is 0.264 e. The summed E-state index contributed by atoms with van der Waals surface area (Å²) < 4.78 is 41.1. The maximum absolute atomic E-state index is 13.5. The monoisotopic (exact) mass is 481 g/mol. The van der Waals surface area contributed by atoms with Crippen LogP contribution in [-0.4, -0.2) is 40.5 Å². The summed E-state index contributed by atoms with van der Waals surface area (Å²) in [6.07, 6.45) is 1.76. The van der Waals surface area contributed by atoms with Crippen LogP contribution in [0, 0.1) is 12.7 Å². The van der Waals surface area contributed by atoms with Crippen molar-refractivity contribution in [1.82, 2.24) is 5.32 Å². The number of hydrogen-bond donors (Lipinski definition) is 1. The van der Waals surface area contributed by atoms with Crippen molar-refractivity contribution in [1.29, 1.82) is 0 Å². The van der Waals surface area contributed by atoms with Crippen LogP contribution < -0.4 is 14.5 Å². The first-order valence-corrected chi connectivity index (χ1v) is 12.7. The van der Waals surface area contributed by atoms with E-state index in [0.717, 1.165) is 35.8 Å². The molecule has 1 amide bonds. The fraction of sp³-hybridized carbons (Fsp3) is 0.269. The molecule has 1 aliphatic heterocycles. The molecule has 0 aliphatic carbocycles. The lowest BCUT2D eigenvalue weighted by atomic mass is 10.2. The summed E-state index contributed by atoms with van der Waals surface area (Å²) in [7, 11) is -4.01. The van der Waals surface area contributed by atoms with Crippen molar-refractivity contribution in [2.45, 2.75) is 24.7 Å². The molecule has 0 aromatic heterocycles. The maximum atomic E-state index is 13.5. The van der Waals surface area contributed by atoms with Gasteiger partial charge in [-0.05, 0) is 67.8 Å². The minimum Gasteiger partial charge on any atom is -0.371 e. The van der Waals surface area contributed by atoms with Gasteiger partial charge in [-0.2, -0.15) is 0 Å². The molecule has 6 nitrogen and oxygen atoms in total. The summed E-state index contributed by atoms with van der Waals surface area (Å²) in [6.45, 7) is 3.66. The summed E-state index contributed by atoms with van der Waals surface area (Å²) in [5.74, 6) is -0.897. The second-order valence-corrected chi connectivity index (χ2v) is 10.2. The van der Waals surface area contributed by atoms with Crippen LogP contribution in [0.15, 0.2) is 77.7 Å². The Bertz CT molecular complexity index is 1250. The molecule has 0 saturated heterocycles. The highest BCUT2D eigenvalue weighted by atomic mass is 32.2. The van der Waals surface area contributed by atoms with Crippen LogP contribution >= 0.6 is 0 Å². The second kappa shape index (κ2) is 10.3. The number of carbonyl (C=O) groups is 1. The molecule has 0 unspecified atom stereocenters. The van der Waals surface area contributed by atoms with Crippen molar-refractivity contribution < 1.29 is 17.6 Å². The van der Waals surface area contributed by atoms with Crippen LogP contribution in [-0.2, 0) is 21.2 Å². The van der Waals surface area contributed by atoms with Crippen molar-refractivity contribution in [3.63, 3.8) is 0 Å². The Hall–Kier alpha value is -3.39. The molecule has 1 N–H and O–H groups in total. The van der Waals surface area contributed by atoms with Gasteiger partial charge in [-0.15, -0.1) is 0 Å². The van der Waals surface area contributed by atoms with Gasteiger partial charge in [-0.3, -0.25) is 9.10 Å². The third-order valence-electron chi connectivity index (χ3n) is 5.92. The van der Waals surface area contributed by atoms with Gasteiger partial charge in [0.2, 0.25) is 5.91 Å². The second-order valence-electron chi connectivity index (χ2n) is 8.37. The van der Waals surface area contributed by atoms with E-state index in [4.69, 9.17) is 0 Å². The zero-order valence-corrected chi connectivity index (χ0v) is 19.9. The van der Waals surface area contributed by atoms with Crippen LogP contribution in [0.1, 0.15) is 17.5 Å². The predicted molar refractivity (Wildman–Crippen MR) is 132 cm³/mol. The van der Waals surface area contributed by atoms with E-state index >= 15 is 0 Å². The largest absolute Gasteiger partial charge is 0.371 e. The number of para-hydroxylation sites is 1. The number of anilines is 2. The molecule has 4 rings (SSSR count). The van der Waals surface area contributed by atoms with Gasteiger partial charge in [-0.25, -0.2) is 12.8 Å². The van der Waals surface area contributed by atoms with Crippen LogP contribution in [0.2, 0.25) is 0 Å². The summed E-state index contributed by atoms with van der Waals surface area (Å²) in [4.78, 5) is 15.1. The van der Waals surface area contributed by atoms with Crippen molar-refractivity contribution in [3.8, 4) is 0 Å². The number of aryl methyl sites for hydroxylation is 1. The van der Waals surface area contributed by atoms with Crippen LogP contribution in [0.4, 0.5) is 15.8 Å². The lowest BCUT2D eigenvalue weighted by molar-refractivity contribution is -0.119. The number of sulfonamides is 1. The molecule has 0 spiro atoms. The molecule has 0 bridgehead atoms. The first kappa shape index (κ1) is 23.8. The normalized spacial score (nSPS) is 12.9. The molecule has 1 aliphatic rings. The number of halogens is 1. The van der Waals surface area contributed by atoms with Crippen molar-refractivity contribution in [2.24, 2.45) is 0 Å². The lowest BCUT2D eigenvalue weighted by Gasteiger charge is -2.24. The Morgan fingerprint density at radius 3 is 2.47 bits per heavy atom. The molecule has 0 atom stereocenters. The zero-order valence-electron chi connectivity index (χ0n) is 19.1. The predicted octanol–water partition coefficient (Wildman–Crippen LogP) is 3.90. The number of nitrogens with zero attached hydrogens (tertiary/aromatic N) is 2. The maximum Gasteiger partial charge on any atom is 0.264 e. The number of hydrogen-bond acceptors (Lipinski definition) is 4. The third-order valence-corrected chi connectivity index (χ3v) is 7.71. The van der Waals surface area contributed by atoms with E-state index in [0.29, 0.717) is 6.54 Å². The molecule has 34 heavy (non-hydrogen) atoms. The molecule has 8 heteroatoms. The number of benzene rings is 3. The Labute approximate surface area is 200 Å². The standard InChI is InChI=1S/C26H28FN3O3S/c1-20-7-13-24(14-8-20)34(32,33)30(23-11-9-22(27)10-12-23)19-26(31)28-16-4-17-29-18-15-21-5-2-3-6-25(21)29/h2-3,5-14H,4,15-19H2,1H3,(H,28,31). The van der Waals surface area contributed by atoms with Crippen molar-refractivity contribution >= 4 is 27.3 Å². The van der Waals surface area contributed by atoms with Gasteiger partial charge < -0.3 is 10.2 Å². The molecular formula is C26H28FN3O3S. The first-order valence-electron chi connectivity index (χ1n) is 11.3. The zero-order chi connectivity index (χ0) is 24.1. The van der Waals surface area contributed by atoms with Crippen LogP contribution in [0.3, 0.4) is 0 Å². The molecular weight excluding hydrogens is 453 g/mol. The van der Waals surface area contributed by atoms with E-state index in [2.05, 4.69) is 22.3 Å². The number of rotatable bonds is 9. The quantitative estimate of drug-likeness (QED) is 0.471. The van der Waals surface area contributed by atoms with Gasteiger partial charge in [-0.1, -0.05) is 35.9 Å². The fourth-order valence-corrected chi connectivity index (χ4v) is 5.50. The highest BCUT2D eigenvalue weighted by Crippen LogP contribution is 2.27. The average Bonchev–Trinajstić information content (AvgIpc) is 3.24.